The van der Waals surface area contributed by atoms with E-state index in [1.54, 1.807) is 0 Å². The van der Waals surface area contributed by atoms with E-state index in [4.69, 9.17) is 0 Å². The molecule has 0 radical (unpaired) electrons. The van der Waals surface area contributed by atoms with Crippen molar-refractivity contribution >= 4 is 15.9 Å². The highest BCUT2D eigenvalue weighted by Crippen LogP contribution is 2.34. The minimum atomic E-state index is 0.621. The maximum Gasteiger partial charge on any atom is 0.0207 e. The molecule has 1 aromatic rings. The predicted octanol–water partition coefficient (Wildman–Crippen LogP) is 5.58. The van der Waals surface area contributed by atoms with E-state index in [-0.39, 0.29) is 0 Å². The van der Waals surface area contributed by atoms with E-state index in [2.05, 4.69) is 59.5 Å². The summed E-state index contributed by atoms with van der Waals surface area (Å²) in [5, 5.41) is 3.58. The zero-order valence-electron chi connectivity index (χ0n) is 13.6. The van der Waals surface area contributed by atoms with Crippen LogP contribution in [0.25, 0.3) is 0 Å². The van der Waals surface area contributed by atoms with Crippen LogP contribution in [0.4, 0.5) is 0 Å². The molecule has 0 aromatic heterocycles. The van der Waals surface area contributed by atoms with Crippen molar-refractivity contribution in [3.63, 3.8) is 0 Å². The molecule has 0 aliphatic heterocycles. The van der Waals surface area contributed by atoms with Gasteiger partial charge >= 0.3 is 0 Å². The van der Waals surface area contributed by atoms with Crippen molar-refractivity contribution in [1.82, 2.24) is 5.32 Å². The van der Waals surface area contributed by atoms with Crippen molar-refractivity contribution in [3.05, 3.63) is 34.3 Å². The quantitative estimate of drug-likeness (QED) is 0.676. The third kappa shape index (κ3) is 5.10. The lowest BCUT2D eigenvalue weighted by Crippen LogP contribution is -2.37. The maximum atomic E-state index is 3.69. The molecule has 1 aliphatic carbocycles. The van der Waals surface area contributed by atoms with Crippen LogP contribution in [0, 0.1) is 11.8 Å². The van der Waals surface area contributed by atoms with Gasteiger partial charge in [0, 0.05) is 10.5 Å². The summed E-state index contributed by atoms with van der Waals surface area (Å²) in [6, 6.07) is 9.27. The molecule has 0 amide bonds. The highest BCUT2D eigenvalue weighted by atomic mass is 79.9. The van der Waals surface area contributed by atoms with Gasteiger partial charge in [-0.25, -0.2) is 0 Å². The smallest absolute Gasteiger partial charge is 0.0207 e. The van der Waals surface area contributed by atoms with Gasteiger partial charge in [0.15, 0.2) is 0 Å². The summed E-state index contributed by atoms with van der Waals surface area (Å²) >= 11 is 3.69. The molecule has 1 N–H and O–H groups in total. The Morgan fingerprint density at radius 2 is 1.90 bits per heavy atom. The van der Waals surface area contributed by atoms with Gasteiger partial charge in [-0.15, -0.1) is 0 Å². The second kappa shape index (κ2) is 8.95. The van der Waals surface area contributed by atoms with E-state index in [9.17, 15) is 0 Å². The average Bonchev–Trinajstić information content (AvgIpc) is 2.53. The van der Waals surface area contributed by atoms with Crippen molar-refractivity contribution in [2.45, 2.75) is 64.3 Å². The highest BCUT2D eigenvalue weighted by molar-refractivity contribution is 9.10. The topological polar surface area (TPSA) is 12.0 Å². The molecule has 0 heterocycles. The van der Waals surface area contributed by atoms with Crippen LogP contribution in [-0.2, 0) is 6.42 Å². The fourth-order valence-electron chi connectivity index (χ4n) is 3.78. The summed E-state index contributed by atoms with van der Waals surface area (Å²) in [5.74, 6) is 1.85. The van der Waals surface area contributed by atoms with Gasteiger partial charge in [-0.2, -0.15) is 0 Å². The molecule has 118 valence electrons. The van der Waals surface area contributed by atoms with Crippen LogP contribution in [-0.4, -0.2) is 13.1 Å². The monoisotopic (exact) mass is 351 g/mol. The molecular formula is C19H30BrN. The predicted molar refractivity (Wildman–Crippen MR) is 95.7 cm³/mol. The zero-order chi connectivity index (χ0) is 15.1. The number of unbranched alkanes of at least 4 members (excludes halogenated alkanes) is 1. The molecule has 0 saturated heterocycles. The number of nitrogens with one attached hydrogen (secondary N) is 1. The number of hydrogen-bond donors (Lipinski definition) is 1. The van der Waals surface area contributed by atoms with E-state index in [1.807, 2.05) is 0 Å². The molecule has 1 fully saturated rings. The molecule has 0 spiro atoms. The lowest BCUT2D eigenvalue weighted by molar-refractivity contribution is 0.216. The minimum Gasteiger partial charge on any atom is -0.316 e. The number of benzene rings is 1. The summed E-state index contributed by atoms with van der Waals surface area (Å²) in [6.45, 7) is 2.31. The SMILES string of the molecule is CCCCC1CCC(C(Cc2ccccc2Br)NC)CC1. The maximum absolute atomic E-state index is 3.69. The lowest BCUT2D eigenvalue weighted by Gasteiger charge is -2.34. The normalized spacial score (nSPS) is 24.0. The summed E-state index contributed by atoms with van der Waals surface area (Å²) in [7, 11) is 2.13. The first-order chi connectivity index (χ1) is 10.2. The van der Waals surface area contributed by atoms with Gasteiger partial charge in [-0.05, 0) is 49.8 Å². The molecule has 2 heteroatoms. The Kier molecular flexibility index (Phi) is 7.25. The first-order valence-corrected chi connectivity index (χ1v) is 9.44. The van der Waals surface area contributed by atoms with E-state index in [0.717, 1.165) is 18.3 Å². The van der Waals surface area contributed by atoms with Gasteiger partial charge in [0.2, 0.25) is 0 Å². The number of rotatable bonds is 7. The molecule has 1 saturated carbocycles. The highest BCUT2D eigenvalue weighted by Gasteiger charge is 2.26. The second-order valence-corrected chi connectivity index (χ2v) is 7.47. The fourth-order valence-corrected chi connectivity index (χ4v) is 4.22. The molecule has 2 rings (SSSR count). The lowest BCUT2D eigenvalue weighted by atomic mass is 9.75. The standard InChI is InChI=1S/C19H30BrN/c1-3-4-7-15-10-12-16(13-11-15)19(21-2)14-17-8-5-6-9-18(17)20/h5-6,8-9,15-16,19,21H,3-4,7,10-14H2,1-2H3. The molecule has 1 aliphatic rings. The number of hydrogen-bond acceptors (Lipinski definition) is 1. The van der Waals surface area contributed by atoms with Crippen molar-refractivity contribution in [2.75, 3.05) is 7.05 Å². The van der Waals surface area contributed by atoms with Crippen LogP contribution < -0.4 is 5.32 Å². The van der Waals surface area contributed by atoms with Gasteiger partial charge in [0.05, 0.1) is 0 Å². The van der Waals surface area contributed by atoms with Crippen LogP contribution in [0.3, 0.4) is 0 Å². The Balaban J connectivity index is 1.86. The zero-order valence-corrected chi connectivity index (χ0v) is 15.2. The van der Waals surface area contributed by atoms with Crippen molar-refractivity contribution in [3.8, 4) is 0 Å². The molecular weight excluding hydrogens is 322 g/mol. The van der Waals surface area contributed by atoms with Gasteiger partial charge in [-0.3, -0.25) is 0 Å². The Bertz CT molecular complexity index is 410. The third-order valence-electron chi connectivity index (χ3n) is 5.19. The van der Waals surface area contributed by atoms with Gasteiger partial charge in [0.25, 0.3) is 0 Å². The third-order valence-corrected chi connectivity index (χ3v) is 5.97. The van der Waals surface area contributed by atoms with Crippen LogP contribution in [0.2, 0.25) is 0 Å². The van der Waals surface area contributed by atoms with Crippen LogP contribution >= 0.6 is 15.9 Å². The van der Waals surface area contributed by atoms with E-state index < -0.39 is 0 Å². The van der Waals surface area contributed by atoms with Crippen LogP contribution in [0.15, 0.2) is 28.7 Å². The molecule has 0 bridgehead atoms. The Hall–Kier alpha value is -0.340. The van der Waals surface area contributed by atoms with Crippen LogP contribution in [0.1, 0.15) is 57.4 Å². The van der Waals surface area contributed by atoms with Crippen molar-refractivity contribution < 1.29 is 0 Å². The molecule has 1 atom stereocenters. The molecule has 1 unspecified atom stereocenters. The van der Waals surface area contributed by atoms with Crippen LogP contribution in [0.5, 0.6) is 0 Å². The minimum absolute atomic E-state index is 0.621. The first-order valence-electron chi connectivity index (χ1n) is 8.65. The van der Waals surface area contributed by atoms with E-state index in [1.165, 1.54) is 55.0 Å². The fraction of sp³-hybridized carbons (Fsp3) is 0.684. The van der Waals surface area contributed by atoms with E-state index >= 15 is 0 Å². The Labute approximate surface area is 139 Å². The van der Waals surface area contributed by atoms with Crippen molar-refractivity contribution in [1.29, 1.82) is 0 Å². The average molecular weight is 352 g/mol. The number of halogens is 1. The van der Waals surface area contributed by atoms with Gasteiger partial charge in [0.1, 0.15) is 0 Å². The van der Waals surface area contributed by atoms with E-state index in [0.29, 0.717) is 6.04 Å². The van der Waals surface area contributed by atoms with Gasteiger partial charge < -0.3 is 5.32 Å². The molecule has 1 aromatic carbocycles. The summed E-state index contributed by atoms with van der Waals surface area (Å²) in [4.78, 5) is 0. The summed E-state index contributed by atoms with van der Waals surface area (Å²) in [6.07, 6.45) is 11.1. The van der Waals surface area contributed by atoms with Gasteiger partial charge in [-0.1, -0.05) is 73.2 Å². The first kappa shape index (κ1) is 17.0. The van der Waals surface area contributed by atoms with Crippen molar-refractivity contribution in [2.24, 2.45) is 11.8 Å². The molecule has 1 nitrogen and oxygen atoms in total. The number of likely N-dealkylation sites (N-methyl/N-ethyl adjacent to an activating group) is 1. The second-order valence-electron chi connectivity index (χ2n) is 6.61. The summed E-state index contributed by atoms with van der Waals surface area (Å²) in [5.41, 5.74) is 1.44. The Morgan fingerprint density at radius 3 is 2.52 bits per heavy atom. The largest absolute Gasteiger partial charge is 0.316 e. The summed E-state index contributed by atoms with van der Waals surface area (Å²) < 4.78 is 1.25. The molecule has 21 heavy (non-hydrogen) atoms. The Morgan fingerprint density at radius 1 is 1.19 bits per heavy atom.